The molecule has 2 nitrogen and oxygen atoms in total. The summed E-state index contributed by atoms with van der Waals surface area (Å²) in [5.74, 6) is -0.171. The number of hydrogen-bond donors (Lipinski definition) is 0. The number of aromatic nitrogens is 1. The van der Waals surface area contributed by atoms with E-state index in [0.717, 1.165) is 12.2 Å². The van der Waals surface area contributed by atoms with Gasteiger partial charge in [0.25, 0.3) is 0 Å². The van der Waals surface area contributed by atoms with Crippen molar-refractivity contribution in [1.82, 2.24) is 4.98 Å². The molecule has 1 aliphatic heterocycles. The zero-order valence-corrected chi connectivity index (χ0v) is 8.73. The molecule has 3 heteroatoms. The topological polar surface area (TPSA) is 16.1 Å². The van der Waals surface area contributed by atoms with Crippen LogP contribution < -0.4 is 4.90 Å². The highest BCUT2D eigenvalue weighted by Crippen LogP contribution is 2.28. The predicted molar refractivity (Wildman–Crippen MR) is 60.5 cm³/mol. The lowest BCUT2D eigenvalue weighted by Crippen LogP contribution is -2.15. The monoisotopic (exact) mass is 214 g/mol. The zero-order valence-electron chi connectivity index (χ0n) is 8.73. The highest BCUT2D eigenvalue weighted by molar-refractivity contribution is 5.51. The lowest BCUT2D eigenvalue weighted by molar-refractivity contribution is 0.619. The summed E-state index contributed by atoms with van der Waals surface area (Å²) in [4.78, 5) is 6.31. The van der Waals surface area contributed by atoms with E-state index < -0.39 is 0 Å². The van der Waals surface area contributed by atoms with Crippen molar-refractivity contribution < 1.29 is 4.39 Å². The Balaban J connectivity index is 1.95. The summed E-state index contributed by atoms with van der Waals surface area (Å²) < 4.78 is 13.6. The number of halogens is 1. The molecule has 0 saturated carbocycles. The lowest BCUT2D eigenvalue weighted by atomic mass is 10.2. The molecule has 0 fully saturated rings. The van der Waals surface area contributed by atoms with E-state index in [4.69, 9.17) is 0 Å². The van der Waals surface area contributed by atoms with Crippen LogP contribution in [0.3, 0.4) is 0 Å². The molecule has 3 rings (SSSR count). The third kappa shape index (κ3) is 1.45. The molecule has 1 aromatic heterocycles. The average molecular weight is 214 g/mol. The van der Waals surface area contributed by atoms with Crippen molar-refractivity contribution in [3.63, 3.8) is 0 Å². The molecule has 2 aromatic rings. The quantitative estimate of drug-likeness (QED) is 0.725. The number of nitrogens with zero attached hydrogens (tertiary/aromatic N) is 2. The second kappa shape index (κ2) is 3.59. The Kier molecular flexibility index (Phi) is 2.10. The number of benzene rings is 1. The van der Waals surface area contributed by atoms with Crippen molar-refractivity contribution in [3.05, 3.63) is 59.7 Å². The Morgan fingerprint density at radius 3 is 2.75 bits per heavy atom. The minimum absolute atomic E-state index is 0.171. The van der Waals surface area contributed by atoms with Gasteiger partial charge in [-0.25, -0.2) is 4.39 Å². The molecule has 0 spiro atoms. The molecule has 0 N–H and O–H groups in total. The molecule has 0 unspecified atom stereocenters. The van der Waals surface area contributed by atoms with Gasteiger partial charge in [-0.05, 0) is 23.8 Å². The molecule has 80 valence electrons. The van der Waals surface area contributed by atoms with Crippen LogP contribution in [0.25, 0.3) is 0 Å². The van der Waals surface area contributed by atoms with E-state index in [2.05, 4.69) is 4.98 Å². The number of pyridine rings is 1. The number of hydrogen-bond acceptors (Lipinski definition) is 2. The average Bonchev–Trinajstić information content (AvgIpc) is 2.73. The highest BCUT2D eigenvalue weighted by atomic mass is 19.1. The van der Waals surface area contributed by atoms with Gasteiger partial charge in [0.1, 0.15) is 5.82 Å². The molecule has 0 amide bonds. The Labute approximate surface area is 93.4 Å². The van der Waals surface area contributed by atoms with Gasteiger partial charge in [-0.2, -0.15) is 0 Å². The van der Waals surface area contributed by atoms with Crippen LogP contribution >= 0.6 is 0 Å². The van der Waals surface area contributed by atoms with Gasteiger partial charge in [-0.15, -0.1) is 0 Å². The van der Waals surface area contributed by atoms with Gasteiger partial charge in [0.15, 0.2) is 0 Å². The summed E-state index contributed by atoms with van der Waals surface area (Å²) in [5, 5.41) is 0. The molecule has 1 aliphatic rings. The summed E-state index contributed by atoms with van der Waals surface area (Å²) in [6.45, 7) is 1.43. The Morgan fingerprint density at radius 1 is 1.06 bits per heavy atom. The Bertz CT molecular complexity index is 500. The molecule has 0 bridgehead atoms. The van der Waals surface area contributed by atoms with Crippen molar-refractivity contribution in [2.24, 2.45) is 0 Å². The van der Waals surface area contributed by atoms with E-state index in [9.17, 15) is 4.39 Å². The molecule has 0 atom stereocenters. The van der Waals surface area contributed by atoms with E-state index in [1.54, 1.807) is 18.3 Å². The van der Waals surface area contributed by atoms with Crippen molar-refractivity contribution in [2.45, 2.75) is 13.1 Å². The van der Waals surface area contributed by atoms with Gasteiger partial charge in [-0.1, -0.05) is 18.2 Å². The first kappa shape index (κ1) is 9.33. The fraction of sp³-hybridized carbons (Fsp3) is 0.154. The van der Waals surface area contributed by atoms with Crippen LogP contribution in [0.15, 0.2) is 42.6 Å². The van der Waals surface area contributed by atoms with E-state index in [1.165, 1.54) is 11.6 Å². The van der Waals surface area contributed by atoms with E-state index in [-0.39, 0.29) is 5.82 Å². The van der Waals surface area contributed by atoms with Crippen LogP contribution in [0.4, 0.5) is 10.1 Å². The maximum absolute atomic E-state index is 13.6. The van der Waals surface area contributed by atoms with Crippen LogP contribution in [-0.4, -0.2) is 4.98 Å². The standard InChI is InChI=1S/C13H11FN2/c14-11-5-1-2-6-13(11)16-8-10-4-3-7-15-12(10)9-16/h1-7H,8-9H2. The van der Waals surface area contributed by atoms with Gasteiger partial charge in [0.2, 0.25) is 0 Å². The SMILES string of the molecule is Fc1ccccc1N1Cc2cccnc2C1. The van der Waals surface area contributed by atoms with Crippen LogP contribution in [0.1, 0.15) is 11.3 Å². The molecular formula is C13H11FN2. The fourth-order valence-electron chi connectivity index (χ4n) is 2.08. The molecule has 1 aromatic carbocycles. The molecule has 0 radical (unpaired) electrons. The molecule has 0 saturated heterocycles. The molecule has 0 aliphatic carbocycles. The van der Waals surface area contributed by atoms with E-state index in [0.29, 0.717) is 12.2 Å². The first-order valence-electron chi connectivity index (χ1n) is 5.27. The van der Waals surface area contributed by atoms with E-state index >= 15 is 0 Å². The normalized spacial score (nSPS) is 13.9. The minimum Gasteiger partial charge on any atom is -0.359 e. The summed E-state index contributed by atoms with van der Waals surface area (Å²) in [5.41, 5.74) is 2.89. The second-order valence-corrected chi connectivity index (χ2v) is 3.92. The van der Waals surface area contributed by atoms with Crippen molar-refractivity contribution in [2.75, 3.05) is 4.90 Å². The third-order valence-electron chi connectivity index (χ3n) is 2.88. The van der Waals surface area contributed by atoms with Crippen LogP contribution in [0.2, 0.25) is 0 Å². The van der Waals surface area contributed by atoms with Crippen molar-refractivity contribution in [3.8, 4) is 0 Å². The Morgan fingerprint density at radius 2 is 1.94 bits per heavy atom. The number of fused-ring (bicyclic) bond motifs is 1. The van der Waals surface area contributed by atoms with Crippen LogP contribution in [0.5, 0.6) is 0 Å². The second-order valence-electron chi connectivity index (χ2n) is 3.92. The number of rotatable bonds is 1. The maximum atomic E-state index is 13.6. The molecule has 16 heavy (non-hydrogen) atoms. The summed E-state index contributed by atoms with van der Waals surface area (Å²) >= 11 is 0. The van der Waals surface area contributed by atoms with Gasteiger partial charge >= 0.3 is 0 Å². The predicted octanol–water partition coefficient (Wildman–Crippen LogP) is 2.74. The largest absolute Gasteiger partial charge is 0.359 e. The fourth-order valence-corrected chi connectivity index (χ4v) is 2.08. The first-order chi connectivity index (χ1) is 7.84. The summed E-state index contributed by atoms with van der Waals surface area (Å²) in [6, 6.07) is 10.8. The first-order valence-corrected chi connectivity index (χ1v) is 5.27. The van der Waals surface area contributed by atoms with Gasteiger partial charge in [0.05, 0.1) is 17.9 Å². The lowest BCUT2D eigenvalue weighted by Gasteiger charge is -2.17. The number of para-hydroxylation sites is 1. The van der Waals surface area contributed by atoms with Crippen LogP contribution in [0, 0.1) is 5.82 Å². The van der Waals surface area contributed by atoms with Crippen molar-refractivity contribution >= 4 is 5.69 Å². The van der Waals surface area contributed by atoms with Gasteiger partial charge in [0, 0.05) is 12.7 Å². The van der Waals surface area contributed by atoms with Crippen LogP contribution in [-0.2, 0) is 13.1 Å². The highest BCUT2D eigenvalue weighted by Gasteiger charge is 2.21. The molecule has 2 heterocycles. The molecular weight excluding hydrogens is 203 g/mol. The maximum Gasteiger partial charge on any atom is 0.146 e. The van der Waals surface area contributed by atoms with E-state index in [1.807, 2.05) is 23.1 Å². The zero-order chi connectivity index (χ0) is 11.0. The van der Waals surface area contributed by atoms with Gasteiger partial charge in [-0.3, -0.25) is 4.98 Å². The third-order valence-corrected chi connectivity index (χ3v) is 2.88. The Hall–Kier alpha value is -1.90. The smallest absolute Gasteiger partial charge is 0.146 e. The van der Waals surface area contributed by atoms with Gasteiger partial charge < -0.3 is 4.90 Å². The number of anilines is 1. The minimum atomic E-state index is -0.171. The van der Waals surface area contributed by atoms with Crippen molar-refractivity contribution in [1.29, 1.82) is 0 Å². The summed E-state index contributed by atoms with van der Waals surface area (Å²) in [7, 11) is 0. The summed E-state index contributed by atoms with van der Waals surface area (Å²) in [6.07, 6.45) is 1.78.